The number of hydrogen-bond acceptors (Lipinski definition) is 3. The van der Waals surface area contributed by atoms with E-state index in [1.165, 1.54) is 24.3 Å². The monoisotopic (exact) mass is 287 g/mol. The van der Waals surface area contributed by atoms with E-state index >= 15 is 0 Å². The second kappa shape index (κ2) is 5.44. The Balaban J connectivity index is 2.58. The van der Waals surface area contributed by atoms with Gasteiger partial charge in [0.05, 0.1) is 6.10 Å². The van der Waals surface area contributed by atoms with Gasteiger partial charge in [0.15, 0.2) is 0 Å². The van der Waals surface area contributed by atoms with Gasteiger partial charge in [-0.2, -0.15) is 13.2 Å². The van der Waals surface area contributed by atoms with Gasteiger partial charge in [-0.15, -0.1) is 0 Å². The first kappa shape index (κ1) is 14.8. The molecule has 1 aliphatic heterocycles. The lowest BCUT2D eigenvalue weighted by molar-refractivity contribution is -0.252. The lowest BCUT2D eigenvalue weighted by Gasteiger charge is -2.37. The van der Waals surface area contributed by atoms with Crippen LogP contribution in [0.2, 0.25) is 0 Å². The quantitative estimate of drug-likeness (QED) is 0.854. The molecule has 1 aromatic carbocycles. The van der Waals surface area contributed by atoms with E-state index in [4.69, 9.17) is 9.47 Å². The van der Waals surface area contributed by atoms with Crippen LogP contribution >= 0.6 is 0 Å². The number of hydrogen-bond donors (Lipinski definition) is 0. The van der Waals surface area contributed by atoms with Crippen molar-refractivity contribution in [2.45, 2.75) is 31.2 Å². The Morgan fingerprint density at radius 1 is 1.25 bits per heavy atom. The van der Waals surface area contributed by atoms with E-state index in [1.54, 1.807) is 13.0 Å². The standard InChI is InChI=1S/C14H16F3NO2/c1-10-8-9-18-12(20-10)13(19-2,14(15,16)17)11-6-4-3-5-7-11/h3-7,10H,8-9H2,1-2H3/t10-,13+/m0/s1. The van der Waals surface area contributed by atoms with Crippen molar-refractivity contribution in [1.82, 2.24) is 0 Å². The van der Waals surface area contributed by atoms with Crippen molar-refractivity contribution in [2.75, 3.05) is 13.7 Å². The predicted octanol–water partition coefficient (Wildman–Crippen LogP) is 3.30. The van der Waals surface area contributed by atoms with E-state index in [2.05, 4.69) is 4.99 Å². The van der Waals surface area contributed by atoms with Crippen LogP contribution in [0.25, 0.3) is 0 Å². The fourth-order valence-corrected chi connectivity index (χ4v) is 2.23. The zero-order valence-corrected chi connectivity index (χ0v) is 11.3. The van der Waals surface area contributed by atoms with Crippen molar-refractivity contribution >= 4 is 5.90 Å². The zero-order valence-electron chi connectivity index (χ0n) is 11.3. The highest BCUT2D eigenvalue weighted by Crippen LogP contribution is 2.44. The Morgan fingerprint density at radius 3 is 2.40 bits per heavy atom. The minimum absolute atomic E-state index is 0.0390. The van der Waals surface area contributed by atoms with E-state index < -0.39 is 17.7 Å². The van der Waals surface area contributed by atoms with Crippen LogP contribution in [0.4, 0.5) is 13.2 Å². The molecule has 0 bridgehead atoms. The molecule has 0 unspecified atom stereocenters. The molecular formula is C14H16F3NO2. The first-order valence-corrected chi connectivity index (χ1v) is 6.31. The number of nitrogens with zero attached hydrogens (tertiary/aromatic N) is 1. The van der Waals surface area contributed by atoms with Gasteiger partial charge in [0.1, 0.15) is 0 Å². The summed E-state index contributed by atoms with van der Waals surface area (Å²) in [6.07, 6.45) is -4.39. The van der Waals surface area contributed by atoms with Crippen molar-refractivity contribution in [2.24, 2.45) is 4.99 Å². The number of benzene rings is 1. The molecule has 0 radical (unpaired) electrons. The van der Waals surface area contributed by atoms with Crippen LogP contribution in [0.3, 0.4) is 0 Å². The van der Waals surface area contributed by atoms with Gasteiger partial charge in [-0.3, -0.25) is 4.99 Å². The summed E-state index contributed by atoms with van der Waals surface area (Å²) in [5, 5.41) is 0. The number of ether oxygens (including phenoxy) is 2. The summed E-state index contributed by atoms with van der Waals surface area (Å²) in [6.45, 7) is 2.01. The molecule has 3 nitrogen and oxygen atoms in total. The first-order chi connectivity index (χ1) is 9.41. The summed E-state index contributed by atoms with van der Waals surface area (Å²) in [4.78, 5) is 3.92. The number of methoxy groups -OCH3 is 1. The highest BCUT2D eigenvalue weighted by molar-refractivity contribution is 5.88. The Bertz CT molecular complexity index is 487. The molecule has 6 heteroatoms. The maximum Gasteiger partial charge on any atom is 0.430 e. The van der Waals surface area contributed by atoms with Crippen LogP contribution in [-0.4, -0.2) is 31.8 Å². The number of rotatable bonds is 3. The Morgan fingerprint density at radius 2 is 1.90 bits per heavy atom. The maximum absolute atomic E-state index is 13.7. The molecule has 110 valence electrons. The minimum atomic E-state index is -4.67. The average molecular weight is 287 g/mol. The largest absolute Gasteiger partial charge is 0.475 e. The molecule has 0 N–H and O–H groups in total. The fraction of sp³-hybridized carbons (Fsp3) is 0.500. The molecule has 0 spiro atoms. The van der Waals surface area contributed by atoms with Gasteiger partial charge in [-0.25, -0.2) is 0 Å². The summed E-state index contributed by atoms with van der Waals surface area (Å²) in [7, 11) is 1.02. The molecule has 2 rings (SSSR count). The van der Waals surface area contributed by atoms with E-state index in [0.29, 0.717) is 13.0 Å². The third-order valence-corrected chi connectivity index (χ3v) is 3.29. The van der Waals surface area contributed by atoms with Crippen molar-refractivity contribution < 1.29 is 22.6 Å². The van der Waals surface area contributed by atoms with E-state index in [-0.39, 0.29) is 11.7 Å². The average Bonchev–Trinajstić information content (AvgIpc) is 2.40. The second-order valence-electron chi connectivity index (χ2n) is 4.65. The molecule has 0 saturated heterocycles. The molecule has 1 heterocycles. The molecule has 0 aromatic heterocycles. The van der Waals surface area contributed by atoms with Gasteiger partial charge in [-0.05, 0) is 6.92 Å². The fourth-order valence-electron chi connectivity index (χ4n) is 2.23. The van der Waals surface area contributed by atoms with Crippen molar-refractivity contribution in [3.63, 3.8) is 0 Å². The lowest BCUT2D eigenvalue weighted by atomic mass is 9.91. The van der Waals surface area contributed by atoms with E-state index in [1.807, 2.05) is 0 Å². The zero-order chi connectivity index (χ0) is 14.8. The highest BCUT2D eigenvalue weighted by atomic mass is 19.4. The van der Waals surface area contributed by atoms with Crippen LogP contribution in [-0.2, 0) is 15.1 Å². The lowest BCUT2D eigenvalue weighted by Crippen LogP contribution is -2.53. The first-order valence-electron chi connectivity index (χ1n) is 6.31. The summed E-state index contributed by atoms with van der Waals surface area (Å²) >= 11 is 0. The SMILES string of the molecule is CO[C@@](C1=NCC[C@H](C)O1)(c1ccccc1)C(F)(F)F. The summed E-state index contributed by atoms with van der Waals surface area (Å²) < 4.78 is 51.3. The van der Waals surface area contributed by atoms with Gasteiger partial charge >= 0.3 is 6.18 Å². The molecule has 1 aliphatic rings. The smallest absolute Gasteiger partial charge is 0.430 e. The Labute approximate surface area is 115 Å². The van der Waals surface area contributed by atoms with Crippen molar-refractivity contribution in [3.8, 4) is 0 Å². The molecule has 0 aliphatic carbocycles. The van der Waals surface area contributed by atoms with Crippen LogP contribution in [0.15, 0.2) is 35.3 Å². The normalized spacial score (nSPS) is 22.6. The maximum atomic E-state index is 13.7. The molecule has 0 fully saturated rings. The molecule has 20 heavy (non-hydrogen) atoms. The van der Waals surface area contributed by atoms with Crippen LogP contribution in [0, 0.1) is 0 Å². The van der Waals surface area contributed by atoms with Gasteiger partial charge in [0, 0.05) is 25.6 Å². The van der Waals surface area contributed by atoms with Gasteiger partial charge in [0.25, 0.3) is 5.60 Å². The predicted molar refractivity (Wildman–Crippen MR) is 68.7 cm³/mol. The Kier molecular flexibility index (Phi) is 4.04. The van der Waals surface area contributed by atoms with Crippen molar-refractivity contribution in [3.05, 3.63) is 35.9 Å². The molecule has 0 saturated carbocycles. The number of aliphatic imine (C=N–C) groups is 1. The van der Waals surface area contributed by atoms with Gasteiger partial charge < -0.3 is 9.47 Å². The topological polar surface area (TPSA) is 30.8 Å². The third-order valence-electron chi connectivity index (χ3n) is 3.29. The summed E-state index contributed by atoms with van der Waals surface area (Å²) in [5.41, 5.74) is -2.69. The summed E-state index contributed by atoms with van der Waals surface area (Å²) in [6, 6.07) is 7.43. The van der Waals surface area contributed by atoms with Crippen LogP contribution in [0.5, 0.6) is 0 Å². The van der Waals surface area contributed by atoms with E-state index in [9.17, 15) is 13.2 Å². The Hall–Kier alpha value is -1.56. The molecule has 2 atom stereocenters. The van der Waals surface area contributed by atoms with Gasteiger partial charge in [-0.1, -0.05) is 30.3 Å². The van der Waals surface area contributed by atoms with Crippen LogP contribution in [0.1, 0.15) is 18.9 Å². The third kappa shape index (κ3) is 2.40. The van der Waals surface area contributed by atoms with E-state index in [0.717, 1.165) is 7.11 Å². The number of halogens is 3. The number of alkyl halides is 3. The second-order valence-corrected chi connectivity index (χ2v) is 4.65. The van der Waals surface area contributed by atoms with Crippen LogP contribution < -0.4 is 0 Å². The molecule has 1 aromatic rings. The minimum Gasteiger partial charge on any atom is -0.475 e. The summed E-state index contributed by atoms with van der Waals surface area (Å²) in [5.74, 6) is -0.419. The molecule has 0 amide bonds. The van der Waals surface area contributed by atoms with Crippen molar-refractivity contribution in [1.29, 1.82) is 0 Å². The van der Waals surface area contributed by atoms with Gasteiger partial charge in [0.2, 0.25) is 5.90 Å². The highest BCUT2D eigenvalue weighted by Gasteiger charge is 2.62. The molecular weight excluding hydrogens is 271 g/mol.